The molecule has 0 aromatic carbocycles. The number of nitrogens with zero attached hydrogens (tertiary/aromatic N) is 1. The van der Waals surface area contributed by atoms with E-state index in [1.54, 1.807) is 0 Å². The molecule has 3 aliphatic rings. The fourth-order valence-electron chi connectivity index (χ4n) is 2.76. The smallest absolute Gasteiger partial charge is 0.392 e. The first-order valence-electron chi connectivity index (χ1n) is 4.58. The van der Waals surface area contributed by atoms with Gasteiger partial charge in [0.2, 0.25) is 0 Å². The monoisotopic (exact) mass is 241 g/mol. The van der Waals surface area contributed by atoms with Crippen LogP contribution < -0.4 is 0 Å². The second-order valence-electron chi connectivity index (χ2n) is 4.01. The summed E-state index contributed by atoms with van der Waals surface area (Å²) in [5.41, 5.74) is -2.47. The highest BCUT2D eigenvalue weighted by molar-refractivity contribution is 6.14. The largest absolute Gasteiger partial charge is 0.394 e. The Morgan fingerprint density at radius 2 is 1.53 bits per heavy atom. The molecule has 88 valence electrons. The van der Waals surface area contributed by atoms with Gasteiger partial charge in [-0.3, -0.25) is 24.5 Å². The summed E-state index contributed by atoms with van der Waals surface area (Å²) < 4.78 is 8.38. The van der Waals surface area contributed by atoms with Crippen LogP contribution in [0.25, 0.3) is 0 Å². The minimum Gasteiger partial charge on any atom is -0.392 e. The zero-order chi connectivity index (χ0) is 12.5. The molecule has 0 aromatic heterocycles. The van der Waals surface area contributed by atoms with E-state index < -0.39 is 52.1 Å². The van der Waals surface area contributed by atoms with E-state index in [-0.39, 0.29) is 0 Å². The summed E-state index contributed by atoms with van der Waals surface area (Å²) in [5.74, 6) is -9.09. The Bertz CT molecular complexity index is 506. The van der Waals surface area contributed by atoms with Gasteiger partial charge in [-0.1, -0.05) is 0 Å². The molecule has 3 rings (SSSR count). The Morgan fingerprint density at radius 1 is 1.00 bits per heavy atom. The molecule has 3 fully saturated rings. The molecule has 0 amide bonds. The maximum absolute atomic E-state index is 11.4. The van der Waals surface area contributed by atoms with Gasteiger partial charge >= 0.3 is 29.4 Å². The summed E-state index contributed by atoms with van der Waals surface area (Å²) in [6.45, 7) is 0. The molecular weight excluding hydrogens is 238 g/mol. The van der Waals surface area contributed by atoms with Crippen LogP contribution in [0.1, 0.15) is 0 Å². The Labute approximate surface area is 91.8 Å². The fraction of sp³-hybridized carbons (Fsp3) is 0.500. The van der Waals surface area contributed by atoms with Gasteiger partial charge in [0.25, 0.3) is 0 Å². The first-order valence-corrected chi connectivity index (χ1v) is 4.58. The number of hydrogen-bond acceptors (Lipinski definition) is 8. The van der Waals surface area contributed by atoms with Crippen LogP contribution in [0.3, 0.4) is 0 Å². The van der Waals surface area contributed by atoms with Gasteiger partial charge in [0.1, 0.15) is 0 Å². The van der Waals surface area contributed by atoms with E-state index >= 15 is 0 Å². The number of carbonyl (C=O) groups is 4. The quantitative estimate of drug-likeness (QED) is 0.223. The lowest BCUT2D eigenvalue weighted by molar-refractivity contribution is -0.585. The average molecular weight is 241 g/mol. The van der Waals surface area contributed by atoms with Crippen molar-refractivity contribution < 1.29 is 33.6 Å². The molecule has 2 heterocycles. The Hall–Kier alpha value is -2.32. The number of cyclic esters (lactones) is 4. The van der Waals surface area contributed by atoms with Gasteiger partial charge in [-0.15, -0.1) is 0 Å². The lowest BCUT2D eigenvalue weighted by Crippen LogP contribution is -2.69. The standard InChI is InChI=1S/C8H3NO8/c10-4-1-2(5(11)16-4)8(9(14)15)3(1)6(12)17-7(8)13/h1-3H. The van der Waals surface area contributed by atoms with Crippen LogP contribution in [0, 0.1) is 27.9 Å². The van der Waals surface area contributed by atoms with E-state index in [0.29, 0.717) is 0 Å². The minimum absolute atomic E-state index is 1.02. The van der Waals surface area contributed by atoms with Crippen molar-refractivity contribution in [2.24, 2.45) is 17.8 Å². The first-order chi connectivity index (χ1) is 7.92. The molecule has 2 saturated heterocycles. The van der Waals surface area contributed by atoms with Gasteiger partial charge in [-0.05, 0) is 0 Å². The molecule has 0 bridgehead atoms. The summed E-state index contributed by atoms with van der Waals surface area (Å²) >= 11 is 0. The number of fused-ring (bicyclic) bond motifs is 4. The van der Waals surface area contributed by atoms with Crippen LogP contribution in [-0.2, 0) is 28.7 Å². The predicted molar refractivity (Wildman–Crippen MR) is 42.4 cm³/mol. The predicted octanol–water partition coefficient (Wildman–Crippen LogP) is -1.97. The van der Waals surface area contributed by atoms with Crippen molar-refractivity contribution in [2.75, 3.05) is 0 Å². The van der Waals surface area contributed by atoms with Gasteiger partial charge in [-0.2, -0.15) is 0 Å². The number of rotatable bonds is 1. The van der Waals surface area contributed by atoms with Gasteiger partial charge in [-0.25, -0.2) is 4.79 Å². The summed E-state index contributed by atoms with van der Waals surface area (Å²) in [6.07, 6.45) is 0. The second-order valence-corrected chi connectivity index (χ2v) is 4.01. The van der Waals surface area contributed by atoms with Crippen molar-refractivity contribution in [1.29, 1.82) is 0 Å². The van der Waals surface area contributed by atoms with Crippen molar-refractivity contribution in [3.8, 4) is 0 Å². The average Bonchev–Trinajstić information content (AvgIpc) is 2.46. The van der Waals surface area contributed by atoms with Crippen molar-refractivity contribution in [3.05, 3.63) is 10.1 Å². The summed E-state index contributed by atoms with van der Waals surface area (Å²) in [7, 11) is 0. The van der Waals surface area contributed by atoms with Crippen molar-refractivity contribution >= 4 is 23.9 Å². The Balaban J connectivity index is 2.19. The SMILES string of the molecule is O=C1OC(=O)C2C1C1C(=O)OC(=O)C21[N+](=O)[O-]. The lowest BCUT2D eigenvalue weighted by Gasteiger charge is -2.37. The van der Waals surface area contributed by atoms with E-state index in [1.165, 1.54) is 0 Å². The number of esters is 4. The van der Waals surface area contributed by atoms with Crippen LogP contribution in [0.15, 0.2) is 0 Å². The Morgan fingerprint density at radius 3 is 2.06 bits per heavy atom. The highest BCUT2D eigenvalue weighted by Gasteiger charge is 2.90. The minimum atomic E-state index is -2.47. The van der Waals surface area contributed by atoms with Crippen molar-refractivity contribution in [2.45, 2.75) is 5.54 Å². The molecule has 4 atom stereocenters. The lowest BCUT2D eigenvalue weighted by atomic mass is 9.53. The molecule has 17 heavy (non-hydrogen) atoms. The van der Waals surface area contributed by atoms with E-state index in [4.69, 9.17) is 0 Å². The molecule has 1 aliphatic carbocycles. The summed E-state index contributed by atoms with van der Waals surface area (Å²) in [5, 5.41) is 11.0. The first kappa shape index (κ1) is 9.87. The molecule has 9 nitrogen and oxygen atoms in total. The molecule has 0 aromatic rings. The van der Waals surface area contributed by atoms with E-state index in [2.05, 4.69) is 9.47 Å². The number of nitro groups is 1. The van der Waals surface area contributed by atoms with E-state index in [1.807, 2.05) is 0 Å². The molecule has 1 saturated carbocycles. The molecule has 0 radical (unpaired) electrons. The normalized spacial score (nSPS) is 42.5. The summed E-state index contributed by atoms with van der Waals surface area (Å²) in [4.78, 5) is 55.1. The van der Waals surface area contributed by atoms with Crippen LogP contribution in [0.2, 0.25) is 0 Å². The summed E-state index contributed by atoms with van der Waals surface area (Å²) in [6, 6.07) is 0. The van der Waals surface area contributed by atoms with Crippen LogP contribution >= 0.6 is 0 Å². The van der Waals surface area contributed by atoms with Crippen LogP contribution in [0.5, 0.6) is 0 Å². The third kappa shape index (κ3) is 0.756. The zero-order valence-corrected chi connectivity index (χ0v) is 7.95. The third-order valence-corrected chi connectivity index (χ3v) is 3.47. The highest BCUT2D eigenvalue weighted by Crippen LogP contribution is 2.59. The number of hydrogen-bond donors (Lipinski definition) is 0. The molecular formula is C8H3NO8. The second kappa shape index (κ2) is 2.50. The third-order valence-electron chi connectivity index (χ3n) is 3.47. The number of carbonyl (C=O) groups excluding carboxylic acids is 4. The maximum Gasteiger partial charge on any atom is 0.394 e. The molecule has 0 spiro atoms. The van der Waals surface area contributed by atoms with Crippen molar-refractivity contribution in [1.82, 2.24) is 0 Å². The van der Waals surface area contributed by atoms with Gasteiger partial charge in [0, 0.05) is 4.92 Å². The molecule has 4 unspecified atom stereocenters. The number of ether oxygens (including phenoxy) is 2. The van der Waals surface area contributed by atoms with Crippen LogP contribution in [-0.4, -0.2) is 34.3 Å². The van der Waals surface area contributed by atoms with Crippen LogP contribution in [0.4, 0.5) is 0 Å². The van der Waals surface area contributed by atoms with Gasteiger partial charge < -0.3 is 9.47 Å². The topological polar surface area (TPSA) is 130 Å². The maximum atomic E-state index is 11.4. The Kier molecular flexibility index (Phi) is 1.45. The molecule has 9 heteroatoms. The molecule has 2 aliphatic heterocycles. The van der Waals surface area contributed by atoms with E-state index in [9.17, 15) is 29.3 Å². The zero-order valence-electron chi connectivity index (χ0n) is 7.95. The van der Waals surface area contributed by atoms with E-state index in [0.717, 1.165) is 0 Å². The highest BCUT2D eigenvalue weighted by atomic mass is 16.7. The van der Waals surface area contributed by atoms with Gasteiger partial charge in [0.15, 0.2) is 11.8 Å². The molecule has 0 N–H and O–H groups in total. The fourth-order valence-corrected chi connectivity index (χ4v) is 2.76. The van der Waals surface area contributed by atoms with Gasteiger partial charge in [0.05, 0.1) is 5.92 Å². The van der Waals surface area contributed by atoms with Crippen molar-refractivity contribution in [3.63, 3.8) is 0 Å².